The topological polar surface area (TPSA) is 41.1 Å². The lowest BCUT2D eigenvalue weighted by atomic mass is 10.3. The van der Waals surface area contributed by atoms with Gasteiger partial charge in [0.05, 0.1) is 17.6 Å². The second-order valence-corrected chi connectivity index (χ2v) is 4.12. The number of aromatic nitrogens is 2. The summed E-state index contributed by atoms with van der Waals surface area (Å²) >= 11 is 5.80. The number of methoxy groups -OCH3 is 1. The number of hydrogen-bond acceptors (Lipinski definition) is 3. The number of imidazole rings is 1. The van der Waals surface area contributed by atoms with Gasteiger partial charge < -0.3 is 14.6 Å². The Kier molecular flexibility index (Phi) is 4.23. The average molecular weight is 254 g/mol. The number of nitrogens with zero attached hydrogens (tertiary/aromatic N) is 2. The van der Waals surface area contributed by atoms with Gasteiger partial charge in [-0.25, -0.2) is 4.98 Å². The molecule has 4 nitrogen and oxygen atoms in total. The number of ether oxygens (including phenoxy) is 1. The van der Waals surface area contributed by atoms with Crippen molar-refractivity contribution in [3.8, 4) is 0 Å². The number of fused-ring (bicyclic) bond motifs is 1. The van der Waals surface area contributed by atoms with Crippen LogP contribution in [0, 0.1) is 0 Å². The van der Waals surface area contributed by atoms with Crippen LogP contribution in [-0.2, 0) is 4.74 Å². The lowest BCUT2D eigenvalue weighted by Gasteiger charge is -2.19. The third kappa shape index (κ3) is 2.90. The fraction of sp³-hybridized carbons (Fsp3) is 0.417. The highest BCUT2D eigenvalue weighted by Crippen LogP contribution is 2.16. The molecular weight excluding hydrogens is 238 g/mol. The van der Waals surface area contributed by atoms with E-state index in [9.17, 15) is 0 Å². The summed E-state index contributed by atoms with van der Waals surface area (Å²) in [6.07, 6.45) is 0. The number of para-hydroxylation sites is 2. The van der Waals surface area contributed by atoms with Gasteiger partial charge in [-0.05, 0) is 12.1 Å². The van der Waals surface area contributed by atoms with Crippen molar-refractivity contribution in [1.82, 2.24) is 9.97 Å². The van der Waals surface area contributed by atoms with Crippen LogP contribution in [0.4, 0.5) is 5.95 Å². The molecule has 0 aliphatic heterocycles. The summed E-state index contributed by atoms with van der Waals surface area (Å²) in [5, 5.41) is 0. The van der Waals surface area contributed by atoms with Gasteiger partial charge in [-0.1, -0.05) is 12.1 Å². The van der Waals surface area contributed by atoms with E-state index >= 15 is 0 Å². The smallest absolute Gasteiger partial charge is 0.203 e. The normalized spacial score (nSPS) is 10.9. The zero-order chi connectivity index (χ0) is 12.1. The molecule has 1 aromatic heterocycles. The number of nitrogens with one attached hydrogen (secondary N) is 1. The number of rotatable bonds is 6. The second-order valence-electron chi connectivity index (χ2n) is 3.75. The molecule has 0 unspecified atom stereocenters. The van der Waals surface area contributed by atoms with Crippen molar-refractivity contribution < 1.29 is 4.74 Å². The van der Waals surface area contributed by atoms with Crippen LogP contribution in [0.1, 0.15) is 0 Å². The van der Waals surface area contributed by atoms with E-state index in [1.165, 1.54) is 0 Å². The lowest BCUT2D eigenvalue weighted by molar-refractivity contribution is 0.205. The summed E-state index contributed by atoms with van der Waals surface area (Å²) in [5.41, 5.74) is 2.01. The molecule has 0 atom stereocenters. The fourth-order valence-corrected chi connectivity index (χ4v) is 1.92. The van der Waals surface area contributed by atoms with Gasteiger partial charge in [0.15, 0.2) is 0 Å². The largest absolute Gasteiger partial charge is 0.383 e. The summed E-state index contributed by atoms with van der Waals surface area (Å²) in [6, 6.07) is 7.98. The fourth-order valence-electron chi connectivity index (χ4n) is 1.72. The van der Waals surface area contributed by atoms with Gasteiger partial charge in [0.25, 0.3) is 0 Å². The SMILES string of the molecule is COCCN(CCCl)c1nc2ccccc2[nH]1. The number of hydrogen-bond donors (Lipinski definition) is 1. The Morgan fingerprint density at radius 1 is 1.35 bits per heavy atom. The van der Waals surface area contributed by atoms with E-state index in [0.29, 0.717) is 12.5 Å². The van der Waals surface area contributed by atoms with E-state index in [4.69, 9.17) is 16.3 Å². The van der Waals surface area contributed by atoms with Gasteiger partial charge in [-0.15, -0.1) is 11.6 Å². The first-order chi connectivity index (χ1) is 8.35. The Balaban J connectivity index is 2.21. The molecule has 0 bridgehead atoms. The highest BCUT2D eigenvalue weighted by Gasteiger charge is 2.10. The van der Waals surface area contributed by atoms with Crippen LogP contribution < -0.4 is 4.90 Å². The molecule has 1 aromatic carbocycles. The number of alkyl halides is 1. The summed E-state index contributed by atoms with van der Waals surface area (Å²) in [5.74, 6) is 1.42. The maximum atomic E-state index is 5.80. The summed E-state index contributed by atoms with van der Waals surface area (Å²) in [4.78, 5) is 9.92. The highest BCUT2D eigenvalue weighted by atomic mass is 35.5. The van der Waals surface area contributed by atoms with Gasteiger partial charge in [0, 0.05) is 26.1 Å². The van der Waals surface area contributed by atoms with Crippen molar-refractivity contribution in [2.45, 2.75) is 0 Å². The highest BCUT2D eigenvalue weighted by molar-refractivity contribution is 6.18. The van der Waals surface area contributed by atoms with Crippen molar-refractivity contribution in [3.05, 3.63) is 24.3 Å². The predicted octanol–water partition coefficient (Wildman–Crippen LogP) is 2.25. The Hall–Kier alpha value is -1.26. The van der Waals surface area contributed by atoms with Crippen molar-refractivity contribution in [3.63, 3.8) is 0 Å². The molecule has 0 amide bonds. The first kappa shape index (κ1) is 12.2. The second kappa shape index (κ2) is 5.89. The number of H-pyrrole nitrogens is 1. The first-order valence-corrected chi connectivity index (χ1v) is 6.13. The molecule has 1 heterocycles. The molecule has 5 heteroatoms. The molecule has 0 radical (unpaired) electrons. The van der Waals surface area contributed by atoms with E-state index in [-0.39, 0.29) is 0 Å². The maximum Gasteiger partial charge on any atom is 0.203 e. The monoisotopic (exact) mass is 253 g/mol. The van der Waals surface area contributed by atoms with E-state index in [2.05, 4.69) is 14.9 Å². The number of aromatic amines is 1. The Labute approximate surface area is 106 Å². The van der Waals surface area contributed by atoms with Crippen LogP contribution in [0.15, 0.2) is 24.3 Å². The molecule has 1 N–H and O–H groups in total. The van der Waals surface area contributed by atoms with Crippen LogP contribution >= 0.6 is 11.6 Å². The van der Waals surface area contributed by atoms with E-state index in [1.807, 2.05) is 24.3 Å². The summed E-state index contributed by atoms with van der Waals surface area (Å²) < 4.78 is 5.09. The molecule has 0 fully saturated rings. The minimum Gasteiger partial charge on any atom is -0.383 e. The molecule has 0 aliphatic carbocycles. The first-order valence-electron chi connectivity index (χ1n) is 5.59. The van der Waals surface area contributed by atoms with Gasteiger partial charge >= 0.3 is 0 Å². The molecule has 0 saturated carbocycles. The van der Waals surface area contributed by atoms with E-state index in [0.717, 1.165) is 30.1 Å². The van der Waals surface area contributed by atoms with Crippen LogP contribution in [0.25, 0.3) is 11.0 Å². The zero-order valence-electron chi connectivity index (χ0n) is 9.82. The minimum absolute atomic E-state index is 0.570. The molecule has 2 rings (SSSR count). The third-order valence-corrected chi connectivity index (χ3v) is 2.77. The minimum atomic E-state index is 0.570. The van der Waals surface area contributed by atoms with Gasteiger partial charge in [-0.2, -0.15) is 0 Å². The Bertz CT molecular complexity index is 438. The van der Waals surface area contributed by atoms with Crippen LogP contribution in [0.5, 0.6) is 0 Å². The summed E-state index contributed by atoms with van der Waals surface area (Å²) in [7, 11) is 1.69. The maximum absolute atomic E-state index is 5.80. The number of benzene rings is 1. The van der Waals surface area contributed by atoms with Crippen molar-refractivity contribution in [2.75, 3.05) is 37.6 Å². The molecule has 17 heavy (non-hydrogen) atoms. The predicted molar refractivity (Wildman–Crippen MR) is 70.9 cm³/mol. The Morgan fingerprint density at radius 2 is 2.18 bits per heavy atom. The number of halogens is 1. The van der Waals surface area contributed by atoms with Crippen molar-refractivity contribution in [2.24, 2.45) is 0 Å². The van der Waals surface area contributed by atoms with Gasteiger partial charge in [0.1, 0.15) is 0 Å². The molecular formula is C12H16ClN3O. The molecule has 92 valence electrons. The van der Waals surface area contributed by atoms with Gasteiger partial charge in [0.2, 0.25) is 5.95 Å². The van der Waals surface area contributed by atoms with E-state index in [1.54, 1.807) is 7.11 Å². The number of anilines is 1. The van der Waals surface area contributed by atoms with Crippen molar-refractivity contribution in [1.29, 1.82) is 0 Å². The van der Waals surface area contributed by atoms with Crippen LogP contribution in [-0.4, -0.2) is 42.7 Å². The van der Waals surface area contributed by atoms with Crippen LogP contribution in [0.2, 0.25) is 0 Å². The third-order valence-electron chi connectivity index (χ3n) is 2.60. The lowest BCUT2D eigenvalue weighted by Crippen LogP contribution is -2.30. The molecule has 0 spiro atoms. The molecule has 0 aliphatic rings. The molecule has 0 saturated heterocycles. The van der Waals surface area contributed by atoms with Crippen LogP contribution in [0.3, 0.4) is 0 Å². The van der Waals surface area contributed by atoms with Crippen molar-refractivity contribution >= 4 is 28.6 Å². The zero-order valence-corrected chi connectivity index (χ0v) is 10.6. The average Bonchev–Trinajstić information content (AvgIpc) is 2.78. The summed E-state index contributed by atoms with van der Waals surface area (Å²) in [6.45, 7) is 2.20. The van der Waals surface area contributed by atoms with Gasteiger partial charge in [-0.3, -0.25) is 0 Å². The molecule has 2 aromatic rings. The standard InChI is InChI=1S/C12H16ClN3O/c1-17-9-8-16(7-6-13)12-14-10-4-2-3-5-11(10)15-12/h2-5H,6-9H2,1H3,(H,14,15). The Morgan fingerprint density at radius 3 is 2.88 bits per heavy atom. The quantitative estimate of drug-likeness (QED) is 0.803. The van der Waals surface area contributed by atoms with E-state index < -0.39 is 0 Å².